The summed E-state index contributed by atoms with van der Waals surface area (Å²) < 4.78 is 6.22. The minimum Gasteiger partial charge on any atom is -0.493 e. The zero-order chi connectivity index (χ0) is 22.3. The Morgan fingerprint density at radius 1 is 1.25 bits per heavy atom. The van der Waals surface area contributed by atoms with Crippen LogP contribution in [-0.2, 0) is 5.41 Å². The minimum atomic E-state index is -0.517. The van der Waals surface area contributed by atoms with Crippen LogP contribution in [0.5, 0.6) is 5.75 Å². The first kappa shape index (κ1) is 21.4. The van der Waals surface area contributed by atoms with E-state index in [4.69, 9.17) is 4.74 Å². The third-order valence-corrected chi connectivity index (χ3v) is 8.20. The van der Waals surface area contributed by atoms with Crippen LogP contribution in [0.25, 0.3) is 0 Å². The van der Waals surface area contributed by atoms with Crippen molar-refractivity contribution in [2.24, 2.45) is 11.8 Å². The average molecular weight is 435 g/mol. The van der Waals surface area contributed by atoms with Crippen molar-refractivity contribution < 1.29 is 14.6 Å². The van der Waals surface area contributed by atoms with Gasteiger partial charge in [0.05, 0.1) is 23.6 Å². The van der Waals surface area contributed by atoms with Gasteiger partial charge in [0.15, 0.2) is 0 Å². The predicted octanol–water partition coefficient (Wildman–Crippen LogP) is 5.40. The molecule has 1 amide bonds. The van der Waals surface area contributed by atoms with E-state index in [1.54, 1.807) is 6.20 Å². The summed E-state index contributed by atoms with van der Waals surface area (Å²) in [6.45, 7) is 4.78. The van der Waals surface area contributed by atoms with Gasteiger partial charge in [-0.3, -0.25) is 9.78 Å². The maximum atomic E-state index is 12.9. The minimum absolute atomic E-state index is 0.0105. The Kier molecular flexibility index (Phi) is 5.48. The number of carbonyl (C=O) groups is 1. The van der Waals surface area contributed by atoms with Gasteiger partial charge in [-0.1, -0.05) is 25.8 Å². The number of rotatable bonds is 5. The number of amides is 1. The molecule has 2 N–H and O–H groups in total. The summed E-state index contributed by atoms with van der Waals surface area (Å²) in [4.78, 5) is 17.2. The largest absolute Gasteiger partial charge is 0.493 e. The summed E-state index contributed by atoms with van der Waals surface area (Å²) in [7, 11) is 0. The van der Waals surface area contributed by atoms with Crippen LogP contribution in [0.4, 0.5) is 5.69 Å². The van der Waals surface area contributed by atoms with Gasteiger partial charge < -0.3 is 15.2 Å². The highest BCUT2D eigenvalue weighted by Gasteiger charge is 2.51. The van der Waals surface area contributed by atoms with Gasteiger partial charge in [-0.2, -0.15) is 0 Å². The number of nitrogens with one attached hydrogen (secondary N) is 1. The lowest BCUT2D eigenvalue weighted by Crippen LogP contribution is -2.47. The summed E-state index contributed by atoms with van der Waals surface area (Å²) in [6, 6.07) is 9.62. The summed E-state index contributed by atoms with van der Waals surface area (Å²) in [5.41, 5.74) is 2.82. The highest BCUT2D eigenvalue weighted by atomic mass is 16.5. The molecule has 0 saturated heterocycles. The number of hydrogen-bond donors (Lipinski definition) is 2. The maximum absolute atomic E-state index is 12.9. The lowest BCUT2D eigenvalue weighted by Gasteiger charge is -2.49. The predicted molar refractivity (Wildman–Crippen MR) is 125 cm³/mol. The molecule has 2 aliphatic carbocycles. The Hall–Kier alpha value is -2.40. The Balaban J connectivity index is 1.42. The Morgan fingerprint density at radius 2 is 2.09 bits per heavy atom. The van der Waals surface area contributed by atoms with Crippen molar-refractivity contribution in [1.82, 2.24) is 4.98 Å². The number of ether oxygens (including phenoxy) is 1. The van der Waals surface area contributed by atoms with E-state index >= 15 is 0 Å². The van der Waals surface area contributed by atoms with Crippen molar-refractivity contribution in [2.45, 2.75) is 76.2 Å². The number of aliphatic hydroxyl groups is 1. The molecule has 3 aliphatic rings. The Bertz CT molecular complexity index is 1020. The van der Waals surface area contributed by atoms with E-state index < -0.39 is 5.60 Å². The van der Waals surface area contributed by atoms with E-state index in [1.807, 2.05) is 31.2 Å². The summed E-state index contributed by atoms with van der Waals surface area (Å²) in [6.07, 6.45) is 9.91. The van der Waals surface area contributed by atoms with Gasteiger partial charge >= 0.3 is 0 Å². The van der Waals surface area contributed by atoms with E-state index in [-0.39, 0.29) is 11.3 Å². The highest BCUT2D eigenvalue weighted by Crippen LogP contribution is 2.56. The number of aromatic nitrogens is 1. The van der Waals surface area contributed by atoms with Crippen molar-refractivity contribution in [3.63, 3.8) is 0 Å². The Labute approximate surface area is 190 Å². The van der Waals surface area contributed by atoms with Crippen LogP contribution in [-0.4, -0.2) is 28.2 Å². The quantitative estimate of drug-likeness (QED) is 0.661. The van der Waals surface area contributed by atoms with Crippen molar-refractivity contribution >= 4 is 11.6 Å². The van der Waals surface area contributed by atoms with Gasteiger partial charge in [0.25, 0.3) is 5.91 Å². The van der Waals surface area contributed by atoms with E-state index in [1.165, 1.54) is 18.4 Å². The first-order valence-electron chi connectivity index (χ1n) is 12.2. The number of nitrogens with zero attached hydrogens (tertiary/aromatic N) is 1. The fourth-order valence-corrected chi connectivity index (χ4v) is 6.17. The van der Waals surface area contributed by atoms with Crippen LogP contribution < -0.4 is 10.1 Å². The van der Waals surface area contributed by atoms with Gasteiger partial charge in [-0.25, -0.2) is 0 Å². The molecule has 2 fully saturated rings. The number of aryl methyl sites for hydroxylation is 1. The normalized spacial score (nSPS) is 29.3. The second-order valence-corrected chi connectivity index (χ2v) is 10.2. The third-order valence-electron chi connectivity index (χ3n) is 8.20. The number of fused-ring (bicyclic) bond motifs is 3. The molecule has 0 spiro atoms. The van der Waals surface area contributed by atoms with Crippen LogP contribution in [0.3, 0.4) is 0 Å². The van der Waals surface area contributed by atoms with Crippen LogP contribution in [0.15, 0.2) is 36.5 Å². The van der Waals surface area contributed by atoms with Gasteiger partial charge in [-0.05, 0) is 81.5 Å². The van der Waals surface area contributed by atoms with E-state index in [0.717, 1.165) is 61.6 Å². The van der Waals surface area contributed by atoms with Gasteiger partial charge in [0.2, 0.25) is 0 Å². The standard InChI is InChI=1S/C27H34N2O3/c1-3-27-12-11-26(31,16-19-6-7-19)17-21(27)10-14-32-24-15-20(8-9-22(24)27)25(30)29-23-5-4-13-28-18(23)2/h4-5,8-9,13,15,19,21,31H,3,6-7,10-12,14,16-17H2,1-2H3,(H,29,30)/t21-,26+,27-/m0/s1. The van der Waals surface area contributed by atoms with Crippen molar-refractivity contribution in [3.05, 3.63) is 53.3 Å². The first-order valence-corrected chi connectivity index (χ1v) is 12.2. The molecule has 0 bridgehead atoms. The number of pyridine rings is 1. The molecule has 0 unspecified atom stereocenters. The molecule has 2 saturated carbocycles. The average Bonchev–Trinajstić information content (AvgIpc) is 3.60. The fraction of sp³-hybridized carbons (Fsp3) is 0.556. The molecular formula is C27H34N2O3. The van der Waals surface area contributed by atoms with E-state index in [0.29, 0.717) is 18.1 Å². The first-order chi connectivity index (χ1) is 15.4. The molecule has 3 atom stereocenters. The third kappa shape index (κ3) is 3.92. The molecule has 32 heavy (non-hydrogen) atoms. The monoisotopic (exact) mass is 434 g/mol. The lowest BCUT2D eigenvalue weighted by atomic mass is 9.56. The molecule has 1 aliphatic heterocycles. The second kappa shape index (κ2) is 8.18. The Morgan fingerprint density at radius 3 is 2.84 bits per heavy atom. The maximum Gasteiger partial charge on any atom is 0.255 e. The van der Waals surface area contributed by atoms with Crippen LogP contribution >= 0.6 is 0 Å². The molecule has 2 heterocycles. The zero-order valence-electron chi connectivity index (χ0n) is 19.2. The van der Waals surface area contributed by atoms with Crippen molar-refractivity contribution in [3.8, 4) is 5.75 Å². The van der Waals surface area contributed by atoms with Gasteiger partial charge in [0.1, 0.15) is 5.75 Å². The topological polar surface area (TPSA) is 71.5 Å². The number of benzene rings is 1. The van der Waals surface area contributed by atoms with Crippen LogP contribution in [0.1, 0.15) is 79.9 Å². The van der Waals surface area contributed by atoms with Crippen molar-refractivity contribution in [2.75, 3.05) is 11.9 Å². The number of anilines is 1. The number of hydrogen-bond acceptors (Lipinski definition) is 4. The van der Waals surface area contributed by atoms with Crippen LogP contribution in [0, 0.1) is 18.8 Å². The fourth-order valence-electron chi connectivity index (χ4n) is 6.17. The smallest absolute Gasteiger partial charge is 0.255 e. The van der Waals surface area contributed by atoms with Gasteiger partial charge in [0, 0.05) is 22.7 Å². The summed E-state index contributed by atoms with van der Waals surface area (Å²) in [5.74, 6) is 1.82. The summed E-state index contributed by atoms with van der Waals surface area (Å²) in [5, 5.41) is 14.3. The van der Waals surface area contributed by atoms with Gasteiger partial charge in [-0.15, -0.1) is 0 Å². The molecule has 2 aromatic rings. The molecular weight excluding hydrogens is 400 g/mol. The highest BCUT2D eigenvalue weighted by molar-refractivity contribution is 6.04. The molecule has 1 aromatic heterocycles. The lowest BCUT2D eigenvalue weighted by molar-refractivity contribution is -0.0574. The molecule has 0 radical (unpaired) electrons. The molecule has 170 valence electrons. The second-order valence-electron chi connectivity index (χ2n) is 10.2. The zero-order valence-corrected chi connectivity index (χ0v) is 19.2. The van der Waals surface area contributed by atoms with Crippen molar-refractivity contribution in [1.29, 1.82) is 0 Å². The van der Waals surface area contributed by atoms with Crippen LogP contribution in [0.2, 0.25) is 0 Å². The molecule has 5 nitrogen and oxygen atoms in total. The van der Waals surface area contributed by atoms with E-state index in [2.05, 4.69) is 23.3 Å². The molecule has 5 rings (SSSR count). The molecule has 5 heteroatoms. The number of carbonyl (C=O) groups excluding carboxylic acids is 1. The molecule has 1 aromatic carbocycles. The summed E-state index contributed by atoms with van der Waals surface area (Å²) >= 11 is 0. The van der Waals surface area contributed by atoms with E-state index in [9.17, 15) is 9.90 Å². The SMILES string of the molecule is CC[C@]12CC[C@@](O)(CC3CC3)C[C@@H]1CCOc1cc(C(=O)Nc3cccnc3C)ccc12.